The molecule has 0 aliphatic heterocycles. The lowest BCUT2D eigenvalue weighted by molar-refractivity contribution is -0.870. The van der Waals surface area contributed by atoms with Gasteiger partial charge in [0.1, 0.15) is 19.8 Å². The Labute approximate surface area is 629 Å². The van der Waals surface area contributed by atoms with E-state index in [1.165, 1.54) is 193 Å². The molecular weight excluding hydrogens is 1280 g/mol. The van der Waals surface area contributed by atoms with E-state index in [0.29, 0.717) is 17.4 Å². The predicted octanol–water partition coefficient (Wildman–Crippen LogP) is 28.4. The van der Waals surface area contributed by atoms with Crippen LogP contribution in [-0.2, 0) is 32.7 Å². The zero-order valence-corrected chi connectivity index (χ0v) is 67.4. The molecule has 2 unspecified atom stereocenters. The Bertz CT molecular complexity index is 2340. The first kappa shape index (κ1) is 97.4. The van der Waals surface area contributed by atoms with Gasteiger partial charge in [-0.15, -0.1) is 0 Å². The third kappa shape index (κ3) is 84.3. The topological polar surface area (TPSA) is 108 Å². The van der Waals surface area contributed by atoms with Crippen LogP contribution in [-0.4, -0.2) is 74.9 Å². The highest BCUT2D eigenvalue weighted by Crippen LogP contribution is 2.43. The van der Waals surface area contributed by atoms with Crippen LogP contribution < -0.4 is 0 Å². The fourth-order valence-electron chi connectivity index (χ4n) is 11.5. The highest BCUT2D eigenvalue weighted by molar-refractivity contribution is 7.47. The number of hydrogen-bond donors (Lipinski definition) is 1. The van der Waals surface area contributed by atoms with Crippen LogP contribution >= 0.6 is 7.82 Å². The van der Waals surface area contributed by atoms with Gasteiger partial charge < -0.3 is 18.9 Å². The van der Waals surface area contributed by atoms with Gasteiger partial charge in [-0.3, -0.25) is 18.6 Å². The van der Waals surface area contributed by atoms with Gasteiger partial charge in [0.2, 0.25) is 0 Å². The Morgan fingerprint density at radius 2 is 0.529 bits per heavy atom. The first-order valence-electron chi connectivity index (χ1n) is 41.9. The molecule has 0 bridgehead atoms. The SMILES string of the molecule is CC/C=C\C/C=C\C/C=C\C/C=C\C/C=C\C/C=C\C/C=C\CCCCCCCCCCCCCCCCCCCCCC(=O)OC(COC(=O)CCCCCCCCCCCCCCCCC/C=C\C/C=C\C/C=C\C/C=C\C/C=C\C/C=C\C/C=C\CC)COP(=O)(O)OCC[N+](C)(C)C. The summed E-state index contributed by atoms with van der Waals surface area (Å²) in [6.07, 6.45) is 122. The van der Waals surface area contributed by atoms with E-state index in [1.54, 1.807) is 0 Å². The molecule has 10 heteroatoms. The van der Waals surface area contributed by atoms with Crippen LogP contribution in [0.1, 0.15) is 348 Å². The number of carbonyl (C=O) groups excluding carboxylic acids is 2. The maximum atomic E-state index is 12.9. The van der Waals surface area contributed by atoms with Crippen molar-refractivity contribution < 1.29 is 42.1 Å². The standard InChI is InChI=1S/C92H156NO8P/c1-6-8-10-12-14-16-18-20-22-24-26-28-30-32-34-36-38-40-42-44-45-46-47-49-51-53-55-57-59-61-63-65-67-69-71-73-75-77-79-81-83-85-92(95)101-90(89-100-102(96,97)99-87-86-93(3,4)5)88-98-91(94)84-82-80-78-76-74-72-70-68-66-64-62-60-58-56-54-52-50-48-43-41-39-37-35-33-31-29-27-25-23-21-19-17-15-13-11-9-7-2/h8-11,14-17,20-23,26-29,32-35,38-41,44-45,48,50,90H,6-7,12-13,18-19,24-25,30-31,36-37,42-43,46-47,49,51-89H2,1-5H3/p+1/b10-8-,11-9-,16-14-,17-15-,22-20-,23-21-,28-26-,29-27-,34-32-,35-33-,40-38-,41-39-,45-44-,50-48-. The fraction of sp³-hybridized carbons (Fsp3) is 0.674. The smallest absolute Gasteiger partial charge is 0.462 e. The highest BCUT2D eigenvalue weighted by atomic mass is 31.2. The lowest BCUT2D eigenvalue weighted by Crippen LogP contribution is -2.37. The largest absolute Gasteiger partial charge is 0.472 e. The van der Waals surface area contributed by atoms with E-state index in [1.807, 2.05) is 21.1 Å². The number of unbranched alkanes of at least 4 members (excludes halogenated alkanes) is 34. The van der Waals surface area contributed by atoms with E-state index in [4.69, 9.17) is 18.5 Å². The summed E-state index contributed by atoms with van der Waals surface area (Å²) in [5.74, 6) is -0.791. The van der Waals surface area contributed by atoms with Gasteiger partial charge in [-0.25, -0.2) is 4.57 Å². The lowest BCUT2D eigenvalue weighted by Gasteiger charge is -2.24. The Kier molecular flexibility index (Phi) is 76.8. The molecule has 0 saturated carbocycles. The molecule has 0 rings (SSSR count). The quantitative estimate of drug-likeness (QED) is 0.0211. The molecule has 0 aromatic heterocycles. The summed E-state index contributed by atoms with van der Waals surface area (Å²) in [4.78, 5) is 36.0. The summed E-state index contributed by atoms with van der Waals surface area (Å²) >= 11 is 0. The molecule has 1 N–H and O–H groups in total. The van der Waals surface area contributed by atoms with E-state index in [-0.39, 0.29) is 32.0 Å². The lowest BCUT2D eigenvalue weighted by atomic mass is 10.0. The summed E-state index contributed by atoms with van der Waals surface area (Å²) in [6.45, 7) is 4.23. The van der Waals surface area contributed by atoms with Crippen molar-refractivity contribution in [1.82, 2.24) is 0 Å². The molecule has 0 aliphatic rings. The fourth-order valence-corrected chi connectivity index (χ4v) is 12.2. The monoisotopic (exact) mass is 1440 g/mol. The van der Waals surface area contributed by atoms with Crippen molar-refractivity contribution in [3.8, 4) is 0 Å². The number of allylic oxidation sites excluding steroid dienone is 28. The van der Waals surface area contributed by atoms with Crippen molar-refractivity contribution in [2.24, 2.45) is 0 Å². The van der Waals surface area contributed by atoms with Gasteiger partial charge in [-0.1, -0.05) is 377 Å². The van der Waals surface area contributed by atoms with Crippen LogP contribution in [0.3, 0.4) is 0 Å². The number of rotatable bonds is 76. The molecule has 582 valence electrons. The first-order chi connectivity index (χ1) is 50.0. The normalized spacial score (nSPS) is 13.9. The number of quaternary nitrogens is 1. The summed E-state index contributed by atoms with van der Waals surface area (Å²) < 4.78 is 34.9. The van der Waals surface area contributed by atoms with E-state index in [2.05, 4.69) is 184 Å². The molecule has 0 amide bonds. The maximum Gasteiger partial charge on any atom is 0.472 e. The Morgan fingerprint density at radius 1 is 0.304 bits per heavy atom. The molecule has 9 nitrogen and oxygen atoms in total. The molecule has 0 aromatic rings. The highest BCUT2D eigenvalue weighted by Gasteiger charge is 2.27. The van der Waals surface area contributed by atoms with Crippen LogP contribution in [0.15, 0.2) is 170 Å². The molecule has 0 heterocycles. The first-order valence-corrected chi connectivity index (χ1v) is 43.4. The number of phosphoric acid groups is 1. The van der Waals surface area contributed by atoms with Gasteiger partial charge in [0, 0.05) is 12.8 Å². The van der Waals surface area contributed by atoms with E-state index in [0.717, 1.165) is 122 Å². The molecule has 0 saturated heterocycles. The molecule has 0 spiro atoms. The van der Waals surface area contributed by atoms with Gasteiger partial charge in [0.25, 0.3) is 0 Å². The molecule has 0 aromatic carbocycles. The summed E-state index contributed by atoms with van der Waals surface area (Å²) in [5.41, 5.74) is 0. The molecule has 0 radical (unpaired) electrons. The van der Waals surface area contributed by atoms with Crippen LogP contribution in [0.2, 0.25) is 0 Å². The van der Waals surface area contributed by atoms with Crippen molar-refractivity contribution in [3.05, 3.63) is 170 Å². The zero-order chi connectivity index (χ0) is 74.0. The van der Waals surface area contributed by atoms with Crippen LogP contribution in [0.4, 0.5) is 0 Å². The van der Waals surface area contributed by atoms with Gasteiger partial charge in [0.15, 0.2) is 6.10 Å². The minimum atomic E-state index is -4.40. The number of phosphoric ester groups is 1. The average molecular weight is 1440 g/mol. The van der Waals surface area contributed by atoms with Gasteiger partial charge >= 0.3 is 19.8 Å². The minimum Gasteiger partial charge on any atom is -0.462 e. The second-order valence-electron chi connectivity index (χ2n) is 28.7. The number of likely N-dealkylation sites (N-methyl/N-ethyl adjacent to an activating group) is 1. The van der Waals surface area contributed by atoms with Gasteiger partial charge in [-0.05, 0) is 128 Å². The van der Waals surface area contributed by atoms with Gasteiger partial charge in [0.05, 0.1) is 27.7 Å². The van der Waals surface area contributed by atoms with E-state index >= 15 is 0 Å². The van der Waals surface area contributed by atoms with E-state index < -0.39 is 26.5 Å². The average Bonchev–Trinajstić information content (AvgIpc) is 0.916. The molecule has 2 atom stereocenters. The third-order valence-electron chi connectivity index (χ3n) is 17.7. The second kappa shape index (κ2) is 80.5. The number of hydrogen-bond acceptors (Lipinski definition) is 7. The summed E-state index contributed by atoms with van der Waals surface area (Å²) in [7, 11) is 1.48. The minimum absolute atomic E-state index is 0.0275. The number of nitrogens with zero attached hydrogens (tertiary/aromatic N) is 1. The summed E-state index contributed by atoms with van der Waals surface area (Å²) in [6, 6.07) is 0. The maximum absolute atomic E-state index is 12.9. The van der Waals surface area contributed by atoms with Gasteiger partial charge in [-0.2, -0.15) is 0 Å². The Hall–Kier alpha value is -4.63. The van der Waals surface area contributed by atoms with Crippen LogP contribution in [0.25, 0.3) is 0 Å². The summed E-state index contributed by atoms with van der Waals surface area (Å²) in [5, 5.41) is 0. The van der Waals surface area contributed by atoms with Crippen LogP contribution in [0, 0.1) is 0 Å². The Morgan fingerprint density at radius 3 is 0.784 bits per heavy atom. The second-order valence-corrected chi connectivity index (χ2v) is 30.2. The predicted molar refractivity (Wildman–Crippen MR) is 445 cm³/mol. The van der Waals surface area contributed by atoms with Crippen molar-refractivity contribution in [2.75, 3.05) is 47.5 Å². The van der Waals surface area contributed by atoms with Crippen molar-refractivity contribution in [3.63, 3.8) is 0 Å². The molecular formula is C92H157NO8P+. The molecule has 0 aliphatic carbocycles. The number of carbonyl (C=O) groups is 2. The number of esters is 2. The van der Waals surface area contributed by atoms with Crippen molar-refractivity contribution in [1.29, 1.82) is 0 Å². The van der Waals surface area contributed by atoms with Crippen LogP contribution in [0.5, 0.6) is 0 Å². The Balaban J connectivity index is 3.97. The molecule has 0 fully saturated rings. The number of ether oxygens (including phenoxy) is 2. The van der Waals surface area contributed by atoms with Crippen molar-refractivity contribution in [2.45, 2.75) is 354 Å². The molecule has 102 heavy (non-hydrogen) atoms. The van der Waals surface area contributed by atoms with Crippen molar-refractivity contribution >= 4 is 19.8 Å². The third-order valence-corrected chi connectivity index (χ3v) is 18.7. The van der Waals surface area contributed by atoms with E-state index in [9.17, 15) is 19.0 Å². The zero-order valence-electron chi connectivity index (χ0n) is 66.5.